The Bertz CT molecular complexity index is 931. The van der Waals surface area contributed by atoms with Crippen molar-refractivity contribution in [3.63, 3.8) is 0 Å². The maximum Gasteiger partial charge on any atom is 0.268 e. The van der Waals surface area contributed by atoms with Gasteiger partial charge in [-0.15, -0.1) is 0 Å². The van der Waals surface area contributed by atoms with E-state index in [0.717, 1.165) is 5.56 Å². The summed E-state index contributed by atoms with van der Waals surface area (Å²) in [5, 5.41) is 6.18. The lowest BCUT2D eigenvalue weighted by Gasteiger charge is -2.19. The molecule has 0 bridgehead atoms. The Morgan fingerprint density at radius 2 is 1.63 bits per heavy atom. The summed E-state index contributed by atoms with van der Waals surface area (Å²) in [6.45, 7) is 5.64. The van der Waals surface area contributed by atoms with Gasteiger partial charge in [0, 0.05) is 17.0 Å². The van der Waals surface area contributed by atoms with Crippen molar-refractivity contribution in [1.82, 2.24) is 10.6 Å². The fraction of sp³-hybridized carbons (Fsp3) is 0.304. The third kappa shape index (κ3) is 6.52. The highest BCUT2D eigenvalue weighted by molar-refractivity contribution is 6.30. The molecular formula is C23H27ClN2O4. The second-order valence-electron chi connectivity index (χ2n) is 7.69. The summed E-state index contributed by atoms with van der Waals surface area (Å²) < 4.78 is 10.6. The maximum absolute atomic E-state index is 12.9. The van der Waals surface area contributed by atoms with Crippen LogP contribution in [0.3, 0.4) is 0 Å². The van der Waals surface area contributed by atoms with Gasteiger partial charge < -0.3 is 20.1 Å². The molecule has 0 atom stereocenters. The van der Waals surface area contributed by atoms with Crippen LogP contribution in [0.1, 0.15) is 31.9 Å². The zero-order valence-electron chi connectivity index (χ0n) is 17.8. The first-order valence-corrected chi connectivity index (χ1v) is 9.79. The molecule has 30 heavy (non-hydrogen) atoms. The molecule has 0 aromatic heterocycles. The molecule has 7 heteroatoms. The Labute approximate surface area is 182 Å². The van der Waals surface area contributed by atoms with E-state index in [2.05, 4.69) is 10.6 Å². The number of hydrogen-bond donors (Lipinski definition) is 2. The third-order valence-corrected chi connectivity index (χ3v) is 4.51. The summed E-state index contributed by atoms with van der Waals surface area (Å²) in [4.78, 5) is 25.4. The van der Waals surface area contributed by atoms with E-state index >= 15 is 0 Å². The van der Waals surface area contributed by atoms with E-state index < -0.39 is 11.3 Å². The van der Waals surface area contributed by atoms with Crippen LogP contribution in [0.4, 0.5) is 0 Å². The minimum absolute atomic E-state index is 0.135. The second-order valence-corrected chi connectivity index (χ2v) is 8.12. The minimum Gasteiger partial charge on any atom is -0.493 e. The Hall–Kier alpha value is -2.99. The quantitative estimate of drug-likeness (QED) is 0.646. The summed E-state index contributed by atoms with van der Waals surface area (Å²) >= 11 is 5.90. The van der Waals surface area contributed by atoms with Gasteiger partial charge in [0.2, 0.25) is 5.91 Å². The zero-order chi connectivity index (χ0) is 22.3. The van der Waals surface area contributed by atoms with E-state index in [-0.39, 0.29) is 11.6 Å². The average molecular weight is 431 g/mol. The molecule has 0 heterocycles. The first-order valence-electron chi connectivity index (χ1n) is 9.42. The lowest BCUT2D eigenvalue weighted by molar-refractivity contribution is -0.129. The molecule has 2 aromatic rings. The molecule has 0 aliphatic rings. The van der Waals surface area contributed by atoms with Crippen LogP contribution < -0.4 is 20.1 Å². The number of carbonyl (C=O) groups is 2. The van der Waals surface area contributed by atoms with Crippen molar-refractivity contribution in [2.75, 3.05) is 14.2 Å². The highest BCUT2D eigenvalue weighted by Crippen LogP contribution is 2.28. The van der Waals surface area contributed by atoms with Gasteiger partial charge in [0.1, 0.15) is 5.70 Å². The molecule has 0 aliphatic heterocycles. The number of ether oxygens (including phenoxy) is 2. The Balaban J connectivity index is 2.29. The van der Waals surface area contributed by atoms with E-state index in [4.69, 9.17) is 21.1 Å². The Morgan fingerprint density at radius 3 is 2.20 bits per heavy atom. The smallest absolute Gasteiger partial charge is 0.268 e. The number of nitrogens with one attached hydrogen (secondary N) is 2. The number of rotatable bonds is 7. The number of halogens is 1. The van der Waals surface area contributed by atoms with Crippen LogP contribution in [0.2, 0.25) is 5.02 Å². The molecular weight excluding hydrogens is 404 g/mol. The van der Waals surface area contributed by atoms with Crippen molar-refractivity contribution < 1.29 is 19.1 Å². The summed E-state index contributed by atoms with van der Waals surface area (Å²) in [7, 11) is 3.08. The van der Waals surface area contributed by atoms with Gasteiger partial charge in [-0.05, 0) is 41.5 Å². The number of hydrogen-bond acceptors (Lipinski definition) is 4. The van der Waals surface area contributed by atoms with Crippen molar-refractivity contribution >= 4 is 29.5 Å². The van der Waals surface area contributed by atoms with Crippen LogP contribution in [0.25, 0.3) is 6.08 Å². The van der Waals surface area contributed by atoms with Crippen molar-refractivity contribution in [2.24, 2.45) is 5.41 Å². The average Bonchev–Trinajstić information content (AvgIpc) is 2.71. The summed E-state index contributed by atoms with van der Waals surface area (Å²) in [5.74, 6) is 0.421. The van der Waals surface area contributed by atoms with Crippen LogP contribution in [-0.4, -0.2) is 26.0 Å². The Morgan fingerprint density at radius 1 is 1.00 bits per heavy atom. The molecule has 0 radical (unpaired) electrons. The lowest BCUT2D eigenvalue weighted by atomic mass is 9.95. The second kappa shape index (κ2) is 10.2. The van der Waals surface area contributed by atoms with Gasteiger partial charge in [0.05, 0.1) is 14.2 Å². The first kappa shape index (κ1) is 23.3. The van der Waals surface area contributed by atoms with Crippen LogP contribution >= 0.6 is 11.6 Å². The topological polar surface area (TPSA) is 76.7 Å². The fourth-order valence-electron chi connectivity index (χ4n) is 2.46. The molecule has 2 amide bonds. The Kier molecular flexibility index (Phi) is 7.89. The summed E-state index contributed by atoms with van der Waals surface area (Å²) in [5.41, 5.74) is 1.04. The van der Waals surface area contributed by atoms with Gasteiger partial charge in [-0.1, -0.05) is 50.6 Å². The van der Waals surface area contributed by atoms with Crippen LogP contribution in [0, 0.1) is 5.41 Å². The van der Waals surface area contributed by atoms with E-state index in [0.29, 0.717) is 28.6 Å². The van der Waals surface area contributed by atoms with Crippen molar-refractivity contribution in [3.8, 4) is 11.5 Å². The molecule has 0 saturated heterocycles. The van der Waals surface area contributed by atoms with Crippen molar-refractivity contribution in [1.29, 1.82) is 0 Å². The maximum atomic E-state index is 12.9. The van der Waals surface area contributed by atoms with E-state index in [1.54, 1.807) is 64.3 Å². The predicted octanol–water partition coefficient (Wildman–Crippen LogP) is 4.18. The van der Waals surface area contributed by atoms with Gasteiger partial charge in [-0.3, -0.25) is 9.59 Å². The van der Waals surface area contributed by atoms with Crippen LogP contribution in [0.15, 0.2) is 48.2 Å². The molecule has 0 fully saturated rings. The SMILES string of the molecule is COc1ccc(/C=C(\NC(=O)C(C)(C)C)C(=O)NCc2ccc(Cl)cc2)cc1OC. The molecule has 6 nitrogen and oxygen atoms in total. The van der Waals surface area contributed by atoms with Crippen molar-refractivity contribution in [3.05, 3.63) is 64.3 Å². The van der Waals surface area contributed by atoms with Gasteiger partial charge in [0.25, 0.3) is 5.91 Å². The fourth-order valence-corrected chi connectivity index (χ4v) is 2.58. The van der Waals surface area contributed by atoms with Crippen LogP contribution in [-0.2, 0) is 16.1 Å². The number of methoxy groups -OCH3 is 2. The molecule has 2 rings (SSSR count). The van der Waals surface area contributed by atoms with Gasteiger partial charge in [-0.25, -0.2) is 0 Å². The molecule has 0 aliphatic carbocycles. The predicted molar refractivity (Wildman–Crippen MR) is 118 cm³/mol. The monoisotopic (exact) mass is 430 g/mol. The number of amides is 2. The van der Waals surface area contributed by atoms with E-state index in [1.807, 2.05) is 12.1 Å². The molecule has 2 aromatic carbocycles. The van der Waals surface area contributed by atoms with E-state index in [9.17, 15) is 9.59 Å². The van der Waals surface area contributed by atoms with Gasteiger partial charge >= 0.3 is 0 Å². The van der Waals surface area contributed by atoms with Gasteiger partial charge in [0.15, 0.2) is 11.5 Å². The molecule has 0 unspecified atom stereocenters. The van der Waals surface area contributed by atoms with Crippen LogP contribution in [0.5, 0.6) is 11.5 Å². The summed E-state index contributed by atoms with van der Waals surface area (Å²) in [6, 6.07) is 12.4. The molecule has 2 N–H and O–H groups in total. The standard InChI is InChI=1S/C23H27ClN2O4/c1-23(2,3)22(28)26-18(12-16-8-11-19(29-4)20(13-16)30-5)21(27)25-14-15-6-9-17(24)10-7-15/h6-13H,14H2,1-5H3,(H,25,27)(H,26,28)/b18-12-. The number of benzene rings is 2. The summed E-state index contributed by atoms with van der Waals surface area (Å²) in [6.07, 6.45) is 1.60. The zero-order valence-corrected chi connectivity index (χ0v) is 18.6. The molecule has 0 saturated carbocycles. The first-order chi connectivity index (χ1) is 14.1. The highest BCUT2D eigenvalue weighted by atomic mass is 35.5. The number of carbonyl (C=O) groups excluding carboxylic acids is 2. The molecule has 160 valence electrons. The normalized spacial score (nSPS) is 11.6. The minimum atomic E-state index is -0.660. The van der Waals surface area contributed by atoms with Gasteiger partial charge in [-0.2, -0.15) is 0 Å². The van der Waals surface area contributed by atoms with E-state index in [1.165, 1.54) is 7.11 Å². The third-order valence-electron chi connectivity index (χ3n) is 4.26. The van der Waals surface area contributed by atoms with Crippen molar-refractivity contribution in [2.45, 2.75) is 27.3 Å². The highest BCUT2D eigenvalue weighted by Gasteiger charge is 2.24. The largest absolute Gasteiger partial charge is 0.493 e. The lowest BCUT2D eigenvalue weighted by Crippen LogP contribution is -2.39. The molecule has 0 spiro atoms.